The molecule has 1 saturated carbocycles. The summed E-state index contributed by atoms with van der Waals surface area (Å²) >= 11 is 0. The van der Waals surface area contributed by atoms with E-state index in [1.807, 2.05) is 27.7 Å². The van der Waals surface area contributed by atoms with Crippen molar-refractivity contribution >= 4 is 0 Å². The van der Waals surface area contributed by atoms with Crippen LogP contribution in [0.4, 0.5) is 0 Å². The van der Waals surface area contributed by atoms with Gasteiger partial charge in [0.25, 0.3) is 0 Å². The Labute approximate surface area is 83.5 Å². The van der Waals surface area contributed by atoms with Gasteiger partial charge in [-0.2, -0.15) is 0 Å². The molecule has 0 radical (unpaired) electrons. The standard InChI is InChI=1S/C10H20O.C2H6/c1-10(2,11)8-9-6-4-3-5-7-9;1-2/h9,11H,3-8H2,1-2H3;1-2H3. The van der Waals surface area contributed by atoms with Gasteiger partial charge in [-0.3, -0.25) is 0 Å². The molecule has 0 aromatic rings. The Hall–Kier alpha value is -0.0400. The number of rotatable bonds is 2. The minimum atomic E-state index is -0.442. The van der Waals surface area contributed by atoms with Crippen molar-refractivity contribution in [1.82, 2.24) is 0 Å². The minimum Gasteiger partial charge on any atom is -0.390 e. The first kappa shape index (κ1) is 13.0. The fraction of sp³-hybridized carbons (Fsp3) is 1.00. The van der Waals surface area contributed by atoms with Gasteiger partial charge in [0, 0.05) is 0 Å². The fourth-order valence-electron chi connectivity index (χ4n) is 2.10. The van der Waals surface area contributed by atoms with Gasteiger partial charge < -0.3 is 5.11 Å². The molecular formula is C12H26O. The van der Waals surface area contributed by atoms with Crippen LogP contribution >= 0.6 is 0 Å². The van der Waals surface area contributed by atoms with E-state index in [2.05, 4.69) is 0 Å². The second kappa shape index (κ2) is 6.42. The molecule has 0 saturated heterocycles. The molecule has 1 heteroatoms. The third-order valence-corrected chi connectivity index (χ3v) is 2.51. The van der Waals surface area contributed by atoms with E-state index in [-0.39, 0.29) is 0 Å². The van der Waals surface area contributed by atoms with Crippen molar-refractivity contribution in [2.24, 2.45) is 5.92 Å². The molecule has 1 N–H and O–H groups in total. The third-order valence-electron chi connectivity index (χ3n) is 2.51. The van der Waals surface area contributed by atoms with Crippen molar-refractivity contribution in [3.05, 3.63) is 0 Å². The van der Waals surface area contributed by atoms with Crippen LogP contribution < -0.4 is 0 Å². The molecule has 0 amide bonds. The van der Waals surface area contributed by atoms with E-state index in [0.29, 0.717) is 0 Å². The van der Waals surface area contributed by atoms with Crippen molar-refractivity contribution < 1.29 is 5.11 Å². The largest absolute Gasteiger partial charge is 0.390 e. The van der Waals surface area contributed by atoms with Gasteiger partial charge in [-0.25, -0.2) is 0 Å². The lowest BCUT2D eigenvalue weighted by atomic mass is 9.82. The van der Waals surface area contributed by atoms with Crippen molar-refractivity contribution in [3.63, 3.8) is 0 Å². The Morgan fingerprint density at radius 3 is 1.92 bits per heavy atom. The molecule has 0 heterocycles. The summed E-state index contributed by atoms with van der Waals surface area (Å²) in [6.07, 6.45) is 7.82. The summed E-state index contributed by atoms with van der Waals surface area (Å²) < 4.78 is 0. The first-order valence-electron chi connectivity index (χ1n) is 5.80. The predicted octanol–water partition coefficient (Wildman–Crippen LogP) is 3.75. The highest BCUT2D eigenvalue weighted by molar-refractivity contribution is 4.74. The van der Waals surface area contributed by atoms with E-state index in [9.17, 15) is 5.11 Å². The highest BCUT2D eigenvalue weighted by Crippen LogP contribution is 2.30. The highest BCUT2D eigenvalue weighted by Gasteiger charge is 2.21. The molecule has 1 aliphatic carbocycles. The van der Waals surface area contributed by atoms with Crippen LogP contribution in [0.5, 0.6) is 0 Å². The molecule has 1 nitrogen and oxygen atoms in total. The Balaban J connectivity index is 0.000000671. The van der Waals surface area contributed by atoms with Crippen molar-refractivity contribution in [2.75, 3.05) is 0 Å². The van der Waals surface area contributed by atoms with Gasteiger partial charge in [0.05, 0.1) is 5.60 Å². The monoisotopic (exact) mass is 186 g/mol. The average molecular weight is 186 g/mol. The van der Waals surface area contributed by atoms with Gasteiger partial charge in [-0.1, -0.05) is 46.0 Å². The number of hydrogen-bond acceptors (Lipinski definition) is 1. The molecule has 0 spiro atoms. The van der Waals surface area contributed by atoms with Crippen LogP contribution in [-0.4, -0.2) is 10.7 Å². The summed E-state index contributed by atoms with van der Waals surface area (Å²) in [5.41, 5.74) is -0.442. The molecule has 0 unspecified atom stereocenters. The molecule has 0 bridgehead atoms. The zero-order valence-corrected chi connectivity index (χ0v) is 9.77. The first-order valence-corrected chi connectivity index (χ1v) is 5.80. The quantitative estimate of drug-likeness (QED) is 0.696. The van der Waals surface area contributed by atoms with Gasteiger partial charge in [0.1, 0.15) is 0 Å². The third kappa shape index (κ3) is 7.06. The highest BCUT2D eigenvalue weighted by atomic mass is 16.3. The summed E-state index contributed by atoms with van der Waals surface area (Å²) in [6.45, 7) is 7.84. The SMILES string of the molecule is CC.CC(C)(O)CC1CCCCC1. The van der Waals surface area contributed by atoms with Gasteiger partial charge in [-0.15, -0.1) is 0 Å². The van der Waals surface area contributed by atoms with E-state index in [1.54, 1.807) is 0 Å². The van der Waals surface area contributed by atoms with E-state index in [4.69, 9.17) is 0 Å². The molecule has 0 aromatic carbocycles. The van der Waals surface area contributed by atoms with Crippen LogP contribution in [0.15, 0.2) is 0 Å². The Bertz CT molecular complexity index is 107. The Kier molecular flexibility index (Phi) is 6.40. The molecule has 1 fully saturated rings. The van der Waals surface area contributed by atoms with Crippen LogP contribution in [0.1, 0.15) is 66.2 Å². The number of hydrogen-bond donors (Lipinski definition) is 1. The molecule has 1 aliphatic rings. The van der Waals surface area contributed by atoms with Gasteiger partial charge >= 0.3 is 0 Å². The second-order valence-corrected chi connectivity index (χ2v) is 4.52. The molecular weight excluding hydrogens is 160 g/mol. The summed E-state index contributed by atoms with van der Waals surface area (Å²) in [5.74, 6) is 0.795. The van der Waals surface area contributed by atoms with E-state index in [0.717, 1.165) is 12.3 Å². The van der Waals surface area contributed by atoms with Crippen LogP contribution in [0.3, 0.4) is 0 Å². The Morgan fingerprint density at radius 1 is 1.08 bits per heavy atom. The summed E-state index contributed by atoms with van der Waals surface area (Å²) in [7, 11) is 0. The van der Waals surface area contributed by atoms with E-state index < -0.39 is 5.60 Å². The maximum atomic E-state index is 9.57. The minimum absolute atomic E-state index is 0.442. The summed E-state index contributed by atoms with van der Waals surface area (Å²) in [4.78, 5) is 0. The Morgan fingerprint density at radius 2 is 1.54 bits per heavy atom. The number of aliphatic hydroxyl groups is 1. The zero-order valence-electron chi connectivity index (χ0n) is 9.77. The lowest BCUT2D eigenvalue weighted by Gasteiger charge is -2.27. The van der Waals surface area contributed by atoms with Gasteiger partial charge in [0.2, 0.25) is 0 Å². The molecule has 0 aromatic heterocycles. The second-order valence-electron chi connectivity index (χ2n) is 4.52. The molecule has 80 valence electrons. The average Bonchev–Trinajstić information content (AvgIpc) is 2.07. The smallest absolute Gasteiger partial charge is 0.0594 e. The molecule has 0 aliphatic heterocycles. The molecule has 1 rings (SSSR count). The van der Waals surface area contributed by atoms with Crippen LogP contribution in [0, 0.1) is 5.92 Å². The topological polar surface area (TPSA) is 20.2 Å². The van der Waals surface area contributed by atoms with Crippen molar-refractivity contribution in [3.8, 4) is 0 Å². The predicted molar refractivity (Wildman–Crippen MR) is 58.8 cm³/mol. The lowest BCUT2D eigenvalue weighted by Crippen LogP contribution is -2.24. The summed E-state index contributed by atoms with van der Waals surface area (Å²) in [6, 6.07) is 0. The van der Waals surface area contributed by atoms with Crippen molar-refractivity contribution in [1.29, 1.82) is 0 Å². The van der Waals surface area contributed by atoms with E-state index in [1.165, 1.54) is 32.1 Å². The lowest BCUT2D eigenvalue weighted by molar-refractivity contribution is 0.0458. The zero-order chi connectivity index (χ0) is 10.3. The maximum Gasteiger partial charge on any atom is 0.0594 e. The van der Waals surface area contributed by atoms with E-state index >= 15 is 0 Å². The van der Waals surface area contributed by atoms with Crippen LogP contribution in [0.25, 0.3) is 0 Å². The first-order chi connectivity index (χ1) is 6.08. The maximum absolute atomic E-state index is 9.57. The molecule has 13 heavy (non-hydrogen) atoms. The molecule has 0 atom stereocenters. The fourth-order valence-corrected chi connectivity index (χ4v) is 2.10. The van der Waals surface area contributed by atoms with Crippen LogP contribution in [0.2, 0.25) is 0 Å². The van der Waals surface area contributed by atoms with Crippen LogP contribution in [-0.2, 0) is 0 Å². The van der Waals surface area contributed by atoms with Gasteiger partial charge in [-0.05, 0) is 26.2 Å². The van der Waals surface area contributed by atoms with Gasteiger partial charge in [0.15, 0.2) is 0 Å². The van der Waals surface area contributed by atoms with Crippen molar-refractivity contribution in [2.45, 2.75) is 71.8 Å². The normalized spacial score (nSPS) is 19.2. The summed E-state index contributed by atoms with van der Waals surface area (Å²) in [5, 5.41) is 9.57.